The number of amides is 1. The fourth-order valence-corrected chi connectivity index (χ4v) is 2.68. The number of carbonyl (C=O) groups excluding carboxylic acids is 1. The minimum Gasteiger partial charge on any atom is -0.339 e. The van der Waals surface area contributed by atoms with Crippen molar-refractivity contribution in [2.75, 3.05) is 11.9 Å². The van der Waals surface area contributed by atoms with Gasteiger partial charge in [-0.25, -0.2) is 0 Å². The van der Waals surface area contributed by atoms with Gasteiger partial charge in [0.25, 0.3) is 0 Å². The van der Waals surface area contributed by atoms with Crippen LogP contribution in [0.2, 0.25) is 0 Å². The normalized spacial score (nSPS) is 18.1. The van der Waals surface area contributed by atoms with Gasteiger partial charge in [0.2, 0.25) is 5.91 Å². The zero-order valence-corrected chi connectivity index (χ0v) is 11.4. The molecule has 1 aliphatic rings. The summed E-state index contributed by atoms with van der Waals surface area (Å²) in [5, 5.41) is 0.879. The number of alkyl halides is 1. The van der Waals surface area contributed by atoms with E-state index in [1.54, 1.807) is 0 Å². The van der Waals surface area contributed by atoms with Crippen molar-refractivity contribution in [3.8, 4) is 0 Å². The molecule has 1 rings (SSSR count). The summed E-state index contributed by atoms with van der Waals surface area (Å²) in [6, 6.07) is 0.331. The Kier molecular flexibility index (Phi) is 5.65. The third kappa shape index (κ3) is 3.78. The van der Waals surface area contributed by atoms with Crippen LogP contribution in [0.1, 0.15) is 46.0 Å². The standard InChI is InChI=1S/C12H22BrNO/c1-10(2)14(9-8-13)12(15)11-6-4-3-5-7-11/h10-11H,3-9H2,1-2H3. The lowest BCUT2D eigenvalue weighted by atomic mass is 9.88. The Morgan fingerprint density at radius 2 is 1.93 bits per heavy atom. The van der Waals surface area contributed by atoms with Gasteiger partial charge in [-0.3, -0.25) is 4.79 Å². The maximum absolute atomic E-state index is 12.2. The van der Waals surface area contributed by atoms with E-state index in [0.717, 1.165) is 24.7 Å². The average Bonchev–Trinajstić information content (AvgIpc) is 2.26. The Bertz CT molecular complexity index is 200. The maximum Gasteiger partial charge on any atom is 0.225 e. The molecule has 0 heterocycles. The third-order valence-corrected chi connectivity index (χ3v) is 3.54. The van der Waals surface area contributed by atoms with Crippen molar-refractivity contribution in [1.29, 1.82) is 0 Å². The average molecular weight is 276 g/mol. The molecule has 3 heteroatoms. The predicted octanol–water partition coefficient (Wildman–Crippen LogP) is 3.20. The van der Waals surface area contributed by atoms with Crippen LogP contribution < -0.4 is 0 Å². The number of halogens is 1. The van der Waals surface area contributed by atoms with Crippen molar-refractivity contribution < 1.29 is 4.79 Å². The monoisotopic (exact) mass is 275 g/mol. The number of hydrogen-bond acceptors (Lipinski definition) is 1. The van der Waals surface area contributed by atoms with E-state index >= 15 is 0 Å². The van der Waals surface area contributed by atoms with Crippen molar-refractivity contribution in [3.05, 3.63) is 0 Å². The lowest BCUT2D eigenvalue weighted by Crippen LogP contribution is -2.42. The molecular weight excluding hydrogens is 254 g/mol. The molecule has 1 amide bonds. The highest BCUT2D eigenvalue weighted by Gasteiger charge is 2.26. The smallest absolute Gasteiger partial charge is 0.225 e. The van der Waals surface area contributed by atoms with E-state index in [2.05, 4.69) is 29.8 Å². The SMILES string of the molecule is CC(C)N(CCBr)C(=O)C1CCCCC1. The lowest BCUT2D eigenvalue weighted by molar-refractivity contribution is -0.138. The summed E-state index contributed by atoms with van der Waals surface area (Å²) in [6.07, 6.45) is 5.98. The van der Waals surface area contributed by atoms with Crippen LogP contribution in [0.3, 0.4) is 0 Å². The molecule has 0 spiro atoms. The molecule has 0 saturated heterocycles. The van der Waals surface area contributed by atoms with Gasteiger partial charge in [-0.05, 0) is 26.7 Å². The summed E-state index contributed by atoms with van der Waals surface area (Å²) < 4.78 is 0. The Morgan fingerprint density at radius 1 is 1.33 bits per heavy atom. The zero-order valence-electron chi connectivity index (χ0n) is 9.84. The molecule has 1 fully saturated rings. The molecule has 0 atom stereocenters. The van der Waals surface area contributed by atoms with Crippen LogP contribution in [0.15, 0.2) is 0 Å². The Balaban J connectivity index is 2.53. The van der Waals surface area contributed by atoms with Crippen LogP contribution in [0, 0.1) is 5.92 Å². The highest BCUT2D eigenvalue weighted by atomic mass is 79.9. The fourth-order valence-electron chi connectivity index (χ4n) is 2.30. The van der Waals surface area contributed by atoms with Gasteiger partial charge >= 0.3 is 0 Å². The van der Waals surface area contributed by atoms with E-state index < -0.39 is 0 Å². The molecule has 0 aromatic carbocycles. The maximum atomic E-state index is 12.2. The molecule has 0 aromatic heterocycles. The second-order valence-electron chi connectivity index (χ2n) is 4.65. The van der Waals surface area contributed by atoms with E-state index in [-0.39, 0.29) is 0 Å². The highest BCUT2D eigenvalue weighted by Crippen LogP contribution is 2.26. The van der Waals surface area contributed by atoms with Gasteiger partial charge in [-0.15, -0.1) is 0 Å². The van der Waals surface area contributed by atoms with Crippen molar-refractivity contribution in [1.82, 2.24) is 4.90 Å². The topological polar surface area (TPSA) is 20.3 Å². The summed E-state index contributed by atoms with van der Waals surface area (Å²) in [6.45, 7) is 5.04. The second kappa shape index (κ2) is 6.51. The number of rotatable bonds is 4. The van der Waals surface area contributed by atoms with Gasteiger partial charge in [-0.1, -0.05) is 35.2 Å². The molecule has 0 aromatic rings. The lowest BCUT2D eigenvalue weighted by Gasteiger charge is -2.31. The summed E-state index contributed by atoms with van der Waals surface area (Å²) >= 11 is 3.42. The molecule has 1 aliphatic carbocycles. The van der Waals surface area contributed by atoms with Crippen LogP contribution in [0.4, 0.5) is 0 Å². The largest absolute Gasteiger partial charge is 0.339 e. The molecule has 0 unspecified atom stereocenters. The minimum absolute atomic E-state index is 0.306. The van der Waals surface area contributed by atoms with Gasteiger partial charge in [0.05, 0.1) is 0 Å². The Hall–Kier alpha value is -0.0500. The quantitative estimate of drug-likeness (QED) is 0.722. The molecule has 0 aliphatic heterocycles. The Morgan fingerprint density at radius 3 is 2.40 bits per heavy atom. The Labute approximate surface area is 102 Å². The van der Waals surface area contributed by atoms with Gasteiger partial charge < -0.3 is 4.90 Å². The van der Waals surface area contributed by atoms with Crippen LogP contribution in [0.25, 0.3) is 0 Å². The first-order valence-electron chi connectivity index (χ1n) is 6.03. The predicted molar refractivity (Wildman–Crippen MR) is 67.2 cm³/mol. The molecule has 0 bridgehead atoms. The van der Waals surface area contributed by atoms with Crippen LogP contribution in [-0.2, 0) is 4.79 Å². The molecule has 0 N–H and O–H groups in total. The first-order valence-corrected chi connectivity index (χ1v) is 7.15. The summed E-state index contributed by atoms with van der Waals surface area (Å²) in [5.41, 5.74) is 0. The van der Waals surface area contributed by atoms with Crippen molar-refractivity contribution in [2.24, 2.45) is 5.92 Å². The van der Waals surface area contributed by atoms with Gasteiger partial charge in [-0.2, -0.15) is 0 Å². The third-order valence-electron chi connectivity index (χ3n) is 3.19. The molecule has 2 nitrogen and oxygen atoms in total. The van der Waals surface area contributed by atoms with E-state index in [4.69, 9.17) is 0 Å². The molecular formula is C12H22BrNO. The van der Waals surface area contributed by atoms with Crippen LogP contribution >= 0.6 is 15.9 Å². The number of nitrogens with zero attached hydrogens (tertiary/aromatic N) is 1. The zero-order chi connectivity index (χ0) is 11.3. The molecule has 1 saturated carbocycles. The second-order valence-corrected chi connectivity index (χ2v) is 5.44. The van der Waals surface area contributed by atoms with E-state index in [9.17, 15) is 4.79 Å². The van der Waals surface area contributed by atoms with Gasteiger partial charge in [0.1, 0.15) is 0 Å². The highest BCUT2D eigenvalue weighted by molar-refractivity contribution is 9.09. The first kappa shape index (κ1) is 13.0. The van der Waals surface area contributed by atoms with Crippen molar-refractivity contribution in [2.45, 2.75) is 52.0 Å². The van der Waals surface area contributed by atoms with Crippen LogP contribution in [-0.4, -0.2) is 28.7 Å². The summed E-state index contributed by atoms with van der Waals surface area (Å²) in [7, 11) is 0. The first-order chi connectivity index (χ1) is 7.16. The van der Waals surface area contributed by atoms with E-state index in [1.807, 2.05) is 4.90 Å². The van der Waals surface area contributed by atoms with E-state index in [0.29, 0.717) is 17.9 Å². The number of hydrogen-bond donors (Lipinski definition) is 0. The minimum atomic E-state index is 0.306. The van der Waals surface area contributed by atoms with Crippen molar-refractivity contribution >= 4 is 21.8 Å². The molecule has 15 heavy (non-hydrogen) atoms. The summed E-state index contributed by atoms with van der Waals surface area (Å²) in [4.78, 5) is 14.3. The summed E-state index contributed by atoms with van der Waals surface area (Å²) in [5.74, 6) is 0.685. The number of carbonyl (C=O) groups is 1. The molecule has 0 radical (unpaired) electrons. The van der Waals surface area contributed by atoms with Crippen LogP contribution in [0.5, 0.6) is 0 Å². The van der Waals surface area contributed by atoms with Crippen molar-refractivity contribution in [3.63, 3.8) is 0 Å². The van der Waals surface area contributed by atoms with Gasteiger partial charge in [0, 0.05) is 23.8 Å². The van der Waals surface area contributed by atoms with Gasteiger partial charge in [0.15, 0.2) is 0 Å². The van der Waals surface area contributed by atoms with E-state index in [1.165, 1.54) is 19.3 Å². The fraction of sp³-hybridized carbons (Fsp3) is 0.917. The molecule has 88 valence electrons.